The molecule has 2 amide bonds. The minimum atomic E-state index is 0.0552. The van der Waals surface area contributed by atoms with Gasteiger partial charge in [0.05, 0.1) is 0 Å². The third-order valence-electron chi connectivity index (χ3n) is 5.61. The highest BCUT2D eigenvalue weighted by atomic mass is 16.2. The van der Waals surface area contributed by atoms with Crippen molar-refractivity contribution in [3.63, 3.8) is 0 Å². The lowest BCUT2D eigenvalue weighted by Crippen LogP contribution is -2.50. The largest absolute Gasteiger partial charge is 0.338 e. The van der Waals surface area contributed by atoms with Crippen molar-refractivity contribution in [2.45, 2.75) is 64.5 Å². The monoisotopic (exact) mass is 331 g/mol. The second-order valence-electron chi connectivity index (χ2n) is 7.19. The van der Waals surface area contributed by atoms with Crippen molar-refractivity contribution in [1.29, 1.82) is 0 Å². The van der Waals surface area contributed by atoms with E-state index in [1.807, 2.05) is 13.0 Å². The fourth-order valence-electron chi connectivity index (χ4n) is 4.31. The van der Waals surface area contributed by atoms with E-state index in [2.05, 4.69) is 10.2 Å². The van der Waals surface area contributed by atoms with Crippen LogP contribution in [0.4, 0.5) is 4.79 Å². The summed E-state index contributed by atoms with van der Waals surface area (Å²) in [5, 5.41) is 3.08. The van der Waals surface area contributed by atoms with Crippen LogP contribution in [0.5, 0.6) is 0 Å². The van der Waals surface area contributed by atoms with Crippen molar-refractivity contribution < 1.29 is 4.79 Å². The van der Waals surface area contributed by atoms with Crippen LogP contribution in [0.3, 0.4) is 0 Å². The molecule has 2 atom stereocenters. The van der Waals surface area contributed by atoms with E-state index < -0.39 is 0 Å². The van der Waals surface area contributed by atoms with E-state index in [-0.39, 0.29) is 11.6 Å². The Bertz CT molecular complexity index is 625. The second kappa shape index (κ2) is 7.86. The number of unbranched alkanes of at least 4 members (excludes halogenated alkanes) is 1. The molecule has 1 saturated heterocycles. The number of urea groups is 1. The maximum atomic E-state index is 12.4. The van der Waals surface area contributed by atoms with E-state index in [0.29, 0.717) is 12.6 Å². The van der Waals surface area contributed by atoms with Gasteiger partial charge < -0.3 is 14.8 Å². The Hall–Kier alpha value is -1.78. The number of pyridine rings is 1. The quantitative estimate of drug-likeness (QED) is 0.844. The van der Waals surface area contributed by atoms with E-state index >= 15 is 0 Å². The van der Waals surface area contributed by atoms with E-state index in [9.17, 15) is 9.59 Å². The van der Waals surface area contributed by atoms with Crippen molar-refractivity contribution in [3.05, 3.63) is 34.2 Å². The van der Waals surface area contributed by atoms with Crippen LogP contribution in [0.1, 0.15) is 50.6 Å². The van der Waals surface area contributed by atoms with Crippen molar-refractivity contribution >= 4 is 6.03 Å². The van der Waals surface area contributed by atoms with Crippen molar-refractivity contribution in [2.75, 3.05) is 13.1 Å². The SMILES string of the molecule is Cc1cccc(=O)n1CCCCNC(=O)N1CCC[C@H]2CCC[C@@H]21. The summed E-state index contributed by atoms with van der Waals surface area (Å²) in [6, 6.07) is 5.94. The lowest BCUT2D eigenvalue weighted by molar-refractivity contribution is 0.128. The number of nitrogens with one attached hydrogen (secondary N) is 1. The van der Waals surface area contributed by atoms with Crippen LogP contribution in [0, 0.1) is 12.8 Å². The second-order valence-corrected chi connectivity index (χ2v) is 7.19. The van der Waals surface area contributed by atoms with Gasteiger partial charge in [0.25, 0.3) is 5.56 Å². The molecule has 1 aromatic heterocycles. The van der Waals surface area contributed by atoms with Crippen LogP contribution in [0.15, 0.2) is 23.0 Å². The molecule has 2 heterocycles. The normalized spacial score (nSPS) is 23.1. The van der Waals surface area contributed by atoms with Gasteiger partial charge in [-0.2, -0.15) is 0 Å². The van der Waals surface area contributed by atoms with E-state index in [1.165, 1.54) is 25.7 Å². The third kappa shape index (κ3) is 3.82. The third-order valence-corrected chi connectivity index (χ3v) is 5.61. The van der Waals surface area contributed by atoms with Crippen LogP contribution in [0.25, 0.3) is 0 Å². The molecule has 0 radical (unpaired) electrons. The maximum absolute atomic E-state index is 12.4. The Balaban J connectivity index is 1.40. The number of amides is 2. The Morgan fingerprint density at radius 1 is 1.21 bits per heavy atom. The van der Waals surface area contributed by atoms with Gasteiger partial charge >= 0.3 is 6.03 Å². The van der Waals surface area contributed by atoms with Gasteiger partial charge in [0.1, 0.15) is 0 Å². The van der Waals surface area contributed by atoms with Gasteiger partial charge in [-0.05, 0) is 57.4 Å². The first-order valence-corrected chi connectivity index (χ1v) is 9.38. The molecule has 1 N–H and O–H groups in total. The van der Waals surface area contributed by atoms with Gasteiger partial charge in [0.15, 0.2) is 0 Å². The van der Waals surface area contributed by atoms with Crippen molar-refractivity contribution in [1.82, 2.24) is 14.8 Å². The molecule has 2 fully saturated rings. The first kappa shape index (κ1) is 17.1. The summed E-state index contributed by atoms with van der Waals surface area (Å²) in [6.07, 6.45) is 7.97. The number of nitrogens with zero attached hydrogens (tertiary/aromatic N) is 2. The number of rotatable bonds is 5. The first-order chi connectivity index (χ1) is 11.7. The molecular weight excluding hydrogens is 302 g/mol. The molecule has 1 aliphatic carbocycles. The molecule has 0 aromatic carbocycles. The summed E-state index contributed by atoms with van der Waals surface area (Å²) in [6.45, 7) is 4.27. The molecule has 2 aliphatic rings. The fraction of sp³-hybridized carbons (Fsp3) is 0.684. The Morgan fingerprint density at radius 3 is 2.88 bits per heavy atom. The van der Waals surface area contributed by atoms with Gasteiger partial charge in [-0.3, -0.25) is 4.79 Å². The zero-order valence-corrected chi connectivity index (χ0v) is 14.7. The van der Waals surface area contributed by atoms with Crippen molar-refractivity contribution in [3.8, 4) is 0 Å². The fourth-order valence-corrected chi connectivity index (χ4v) is 4.31. The minimum absolute atomic E-state index is 0.0552. The van der Waals surface area contributed by atoms with Gasteiger partial charge in [0.2, 0.25) is 0 Å². The standard InChI is InChI=1S/C19H29N3O2/c1-15-7-4-11-18(23)21(15)13-3-2-12-20-19(24)22-14-6-9-16-8-5-10-17(16)22/h4,7,11,16-17H,2-3,5-6,8-10,12-14H2,1H3,(H,20,24)/t16-,17+/m1/s1. The summed E-state index contributed by atoms with van der Waals surface area (Å²) in [5.74, 6) is 0.734. The molecule has 24 heavy (non-hydrogen) atoms. The van der Waals surface area contributed by atoms with Gasteiger partial charge in [-0.25, -0.2) is 4.79 Å². The van der Waals surface area contributed by atoms with Crippen LogP contribution < -0.4 is 10.9 Å². The molecule has 0 bridgehead atoms. The number of piperidine rings is 1. The Kier molecular flexibility index (Phi) is 5.59. The molecule has 0 spiro atoms. The number of likely N-dealkylation sites (tertiary alicyclic amines) is 1. The maximum Gasteiger partial charge on any atom is 0.317 e. The highest BCUT2D eigenvalue weighted by Gasteiger charge is 2.37. The summed E-state index contributed by atoms with van der Waals surface area (Å²) < 4.78 is 1.80. The highest BCUT2D eigenvalue weighted by molar-refractivity contribution is 5.74. The Labute approximate surface area is 144 Å². The number of fused-ring (bicyclic) bond motifs is 1. The number of carbonyl (C=O) groups excluding carboxylic acids is 1. The van der Waals surface area contributed by atoms with Crippen LogP contribution in [-0.4, -0.2) is 34.6 Å². The number of hydrogen-bond acceptors (Lipinski definition) is 2. The van der Waals surface area contributed by atoms with E-state index in [0.717, 1.165) is 44.0 Å². The Morgan fingerprint density at radius 2 is 2.04 bits per heavy atom. The number of hydrogen-bond donors (Lipinski definition) is 1. The lowest BCUT2D eigenvalue weighted by atomic mass is 9.92. The first-order valence-electron chi connectivity index (χ1n) is 9.38. The minimum Gasteiger partial charge on any atom is -0.338 e. The van der Waals surface area contributed by atoms with Crippen LogP contribution in [-0.2, 0) is 6.54 Å². The number of aryl methyl sites for hydroxylation is 1. The van der Waals surface area contributed by atoms with Crippen LogP contribution >= 0.6 is 0 Å². The average Bonchev–Trinajstić information content (AvgIpc) is 3.05. The highest BCUT2D eigenvalue weighted by Crippen LogP contribution is 2.36. The molecule has 0 unspecified atom stereocenters. The topological polar surface area (TPSA) is 54.3 Å². The number of aromatic nitrogens is 1. The lowest BCUT2D eigenvalue weighted by Gasteiger charge is -2.37. The summed E-state index contributed by atoms with van der Waals surface area (Å²) in [5.41, 5.74) is 1.05. The summed E-state index contributed by atoms with van der Waals surface area (Å²) in [4.78, 5) is 26.3. The van der Waals surface area contributed by atoms with Gasteiger partial charge in [0, 0.05) is 37.4 Å². The van der Waals surface area contributed by atoms with E-state index in [4.69, 9.17) is 0 Å². The predicted molar refractivity (Wildman–Crippen MR) is 95.1 cm³/mol. The molecule has 1 aromatic rings. The van der Waals surface area contributed by atoms with E-state index in [1.54, 1.807) is 16.7 Å². The zero-order valence-electron chi connectivity index (χ0n) is 14.7. The molecule has 132 valence electrons. The summed E-state index contributed by atoms with van der Waals surface area (Å²) >= 11 is 0. The summed E-state index contributed by atoms with van der Waals surface area (Å²) in [7, 11) is 0. The van der Waals surface area contributed by atoms with Crippen LogP contribution in [0.2, 0.25) is 0 Å². The van der Waals surface area contributed by atoms with Gasteiger partial charge in [-0.1, -0.05) is 12.5 Å². The molecular formula is C19H29N3O2. The van der Waals surface area contributed by atoms with Gasteiger partial charge in [-0.15, -0.1) is 0 Å². The average molecular weight is 331 g/mol. The molecule has 5 heteroatoms. The molecule has 1 saturated carbocycles. The molecule has 1 aliphatic heterocycles. The smallest absolute Gasteiger partial charge is 0.317 e. The molecule has 5 nitrogen and oxygen atoms in total. The predicted octanol–water partition coefficient (Wildman–Crippen LogP) is 2.91. The van der Waals surface area contributed by atoms with Crippen molar-refractivity contribution in [2.24, 2.45) is 5.92 Å². The number of carbonyl (C=O) groups is 1. The zero-order chi connectivity index (χ0) is 16.9. The molecule has 3 rings (SSSR count).